The van der Waals surface area contributed by atoms with Crippen molar-refractivity contribution in [2.24, 2.45) is 11.3 Å². The average Bonchev–Trinajstić information content (AvgIpc) is 3.54. The Morgan fingerprint density at radius 3 is 2.22 bits per heavy atom. The number of hydrogen-bond acceptors (Lipinski definition) is 7. The zero-order valence-corrected chi connectivity index (χ0v) is 33.0. The van der Waals surface area contributed by atoms with Crippen LogP contribution in [0.1, 0.15) is 81.6 Å². The highest BCUT2D eigenvalue weighted by molar-refractivity contribution is 8.00. The molecule has 55 heavy (non-hydrogen) atoms. The van der Waals surface area contributed by atoms with Crippen LogP contribution in [0, 0.1) is 11.3 Å². The first kappa shape index (κ1) is 39.2. The number of thiophene rings is 1. The van der Waals surface area contributed by atoms with Gasteiger partial charge in [-0.2, -0.15) is 0 Å². The molecule has 5 aromatic rings. The second kappa shape index (κ2) is 17.8. The fraction of sp³-hybridized carbons (Fsp3) is 0.244. The van der Waals surface area contributed by atoms with Gasteiger partial charge in [-0.1, -0.05) is 106 Å². The molecule has 3 amide bonds. The van der Waals surface area contributed by atoms with Gasteiger partial charge in [0.1, 0.15) is 15.9 Å². The first-order valence-corrected chi connectivity index (χ1v) is 20.1. The third-order valence-electron chi connectivity index (χ3n) is 9.53. The molecule has 3 N–H and O–H groups in total. The highest BCUT2D eigenvalue weighted by Gasteiger charge is 2.35. The minimum Gasteiger partial charge on any atom is -0.462 e. The highest BCUT2D eigenvalue weighted by atomic mass is 32.2. The van der Waals surface area contributed by atoms with E-state index in [-0.39, 0.29) is 23.6 Å². The Balaban J connectivity index is 1.25. The molecule has 0 saturated heterocycles. The molecule has 0 spiro atoms. The first-order chi connectivity index (χ1) is 26.5. The monoisotopic (exact) mass is 771 g/mol. The third kappa shape index (κ3) is 10.0. The maximum Gasteiger partial charge on any atom is 0.341 e. The number of thioether (sulfide) groups is 1. The minimum absolute atomic E-state index is 0.0736. The number of rotatable bonds is 12. The Hall–Kier alpha value is -5.45. The number of benzene rings is 4. The third-order valence-corrected chi connectivity index (χ3v) is 11.9. The topological polar surface area (TPSA) is 114 Å². The molecule has 0 saturated carbocycles. The molecule has 1 aromatic heterocycles. The summed E-state index contributed by atoms with van der Waals surface area (Å²) < 4.78 is 5.50. The van der Waals surface area contributed by atoms with E-state index in [4.69, 9.17) is 4.74 Å². The van der Waals surface area contributed by atoms with Crippen LogP contribution in [0.25, 0.3) is 6.08 Å². The summed E-state index contributed by atoms with van der Waals surface area (Å²) in [5.41, 5.74) is 4.06. The Labute approximate surface area is 330 Å². The van der Waals surface area contributed by atoms with E-state index in [1.165, 1.54) is 23.1 Å². The minimum atomic E-state index is -0.692. The maximum absolute atomic E-state index is 14.3. The van der Waals surface area contributed by atoms with Gasteiger partial charge in [-0.15, -0.1) is 23.1 Å². The lowest BCUT2D eigenvalue weighted by molar-refractivity contribution is -0.116. The lowest BCUT2D eigenvalue weighted by Crippen LogP contribution is -2.30. The standard InChI is InChI=1S/C45H45N3O5S2/c1-5-53-44(52)38-35-25-24-32(45(2,3)4)27-37(35)55-43(38)48-42(51)39(30-18-11-7-12-19-30)54-34-23-15-22-33(28-34)46-41(50)36(26-29-16-9-6-10-17-29)47-40(49)31-20-13-8-14-21-31/h6-23,26,28,32,39H,5,24-25,27H2,1-4H3,(H,46,50)(H,47,49)(H,48,51)/b36-26-. The van der Waals surface area contributed by atoms with Crippen molar-refractivity contribution in [3.63, 3.8) is 0 Å². The number of carbonyl (C=O) groups excluding carboxylic acids is 4. The van der Waals surface area contributed by atoms with Gasteiger partial charge < -0.3 is 20.7 Å². The van der Waals surface area contributed by atoms with E-state index in [2.05, 4.69) is 36.7 Å². The Kier molecular flexibility index (Phi) is 12.7. The predicted molar refractivity (Wildman–Crippen MR) is 222 cm³/mol. The van der Waals surface area contributed by atoms with Crippen LogP contribution in [0.2, 0.25) is 0 Å². The van der Waals surface area contributed by atoms with Crippen LogP contribution in [-0.4, -0.2) is 30.3 Å². The van der Waals surface area contributed by atoms with Crippen molar-refractivity contribution >= 4 is 63.6 Å². The normalized spacial score (nSPS) is 14.6. The molecule has 10 heteroatoms. The molecule has 0 fully saturated rings. The molecule has 8 nitrogen and oxygen atoms in total. The number of amides is 3. The Morgan fingerprint density at radius 1 is 0.873 bits per heavy atom. The van der Waals surface area contributed by atoms with E-state index in [1.807, 2.05) is 72.8 Å². The van der Waals surface area contributed by atoms with Crippen LogP contribution in [-0.2, 0) is 27.2 Å². The summed E-state index contributed by atoms with van der Waals surface area (Å²) in [5.74, 6) is -1.15. The SMILES string of the molecule is CCOC(=O)c1c(NC(=O)C(Sc2cccc(NC(=O)/C(=C/c3ccccc3)NC(=O)c3ccccc3)c2)c2ccccc2)sc2c1CCC(C(C)(C)C)C2. The van der Waals surface area contributed by atoms with Crippen LogP contribution < -0.4 is 16.0 Å². The summed E-state index contributed by atoms with van der Waals surface area (Å²) in [7, 11) is 0. The van der Waals surface area contributed by atoms with Gasteiger partial charge in [-0.05, 0) is 90.6 Å². The van der Waals surface area contributed by atoms with Crippen molar-refractivity contribution in [3.8, 4) is 0 Å². The van der Waals surface area contributed by atoms with Crippen LogP contribution >= 0.6 is 23.1 Å². The van der Waals surface area contributed by atoms with Gasteiger partial charge in [0.2, 0.25) is 5.91 Å². The van der Waals surface area contributed by atoms with E-state index < -0.39 is 23.0 Å². The molecule has 282 valence electrons. The Morgan fingerprint density at radius 2 is 1.55 bits per heavy atom. The van der Waals surface area contributed by atoms with Crippen molar-refractivity contribution in [2.45, 2.75) is 57.1 Å². The molecule has 1 heterocycles. The summed E-state index contributed by atoms with van der Waals surface area (Å²) in [6.07, 6.45) is 4.19. The largest absolute Gasteiger partial charge is 0.462 e. The number of hydrogen-bond donors (Lipinski definition) is 3. The molecule has 2 unspecified atom stereocenters. The average molecular weight is 772 g/mol. The lowest BCUT2D eigenvalue weighted by atomic mass is 9.72. The number of anilines is 2. The molecule has 4 aromatic carbocycles. The zero-order valence-electron chi connectivity index (χ0n) is 31.4. The van der Waals surface area contributed by atoms with E-state index in [0.29, 0.717) is 27.7 Å². The van der Waals surface area contributed by atoms with Gasteiger partial charge >= 0.3 is 5.97 Å². The summed E-state index contributed by atoms with van der Waals surface area (Å²) >= 11 is 2.81. The van der Waals surface area contributed by atoms with Gasteiger partial charge in [0.05, 0.1) is 12.2 Å². The van der Waals surface area contributed by atoms with E-state index in [9.17, 15) is 19.2 Å². The number of fused-ring (bicyclic) bond motifs is 1. The molecule has 1 aliphatic carbocycles. The van der Waals surface area contributed by atoms with Crippen LogP contribution in [0.4, 0.5) is 10.7 Å². The Bertz CT molecular complexity index is 2180. The molecule has 6 rings (SSSR count). The quantitative estimate of drug-likeness (QED) is 0.0661. The van der Waals surface area contributed by atoms with Crippen LogP contribution in [0.3, 0.4) is 0 Å². The predicted octanol–water partition coefficient (Wildman–Crippen LogP) is 9.96. The van der Waals surface area contributed by atoms with E-state index in [1.54, 1.807) is 55.5 Å². The second-order valence-corrected chi connectivity index (χ2v) is 16.7. The molecule has 2 atom stereocenters. The fourth-order valence-electron chi connectivity index (χ4n) is 6.55. The van der Waals surface area contributed by atoms with Crippen molar-refractivity contribution in [1.82, 2.24) is 5.32 Å². The summed E-state index contributed by atoms with van der Waals surface area (Å²) in [6.45, 7) is 8.76. The van der Waals surface area contributed by atoms with Gasteiger partial charge in [-0.3, -0.25) is 14.4 Å². The highest BCUT2D eigenvalue weighted by Crippen LogP contribution is 2.45. The van der Waals surface area contributed by atoms with Gasteiger partial charge in [0.15, 0.2) is 0 Å². The van der Waals surface area contributed by atoms with Crippen molar-refractivity contribution in [2.75, 3.05) is 17.2 Å². The molecular weight excluding hydrogens is 727 g/mol. The molecule has 0 bridgehead atoms. The summed E-state index contributed by atoms with van der Waals surface area (Å²) in [5, 5.41) is 8.66. The number of carbonyl (C=O) groups is 4. The summed E-state index contributed by atoms with van der Waals surface area (Å²) in [4.78, 5) is 56.4. The smallest absolute Gasteiger partial charge is 0.341 e. The molecule has 0 radical (unpaired) electrons. The maximum atomic E-state index is 14.3. The van der Waals surface area contributed by atoms with Crippen LogP contribution in [0.5, 0.6) is 0 Å². The first-order valence-electron chi connectivity index (χ1n) is 18.4. The van der Waals surface area contributed by atoms with Crippen molar-refractivity contribution < 1.29 is 23.9 Å². The lowest BCUT2D eigenvalue weighted by Gasteiger charge is -2.33. The number of nitrogens with one attached hydrogen (secondary N) is 3. The van der Waals surface area contributed by atoms with Crippen molar-refractivity contribution in [1.29, 1.82) is 0 Å². The zero-order chi connectivity index (χ0) is 39.0. The summed E-state index contributed by atoms with van der Waals surface area (Å²) in [6, 6.07) is 34.7. The van der Waals surface area contributed by atoms with Crippen LogP contribution in [0.15, 0.2) is 126 Å². The van der Waals surface area contributed by atoms with Gasteiger partial charge in [0, 0.05) is 21.0 Å². The van der Waals surface area contributed by atoms with Gasteiger partial charge in [-0.25, -0.2) is 4.79 Å². The fourth-order valence-corrected chi connectivity index (χ4v) is 8.95. The molecule has 1 aliphatic rings. The number of esters is 1. The molecular formula is C45H45N3O5S2. The van der Waals surface area contributed by atoms with Gasteiger partial charge in [0.25, 0.3) is 11.8 Å². The van der Waals surface area contributed by atoms with E-state index in [0.717, 1.165) is 45.7 Å². The number of ether oxygens (including phenoxy) is 1. The molecule has 0 aliphatic heterocycles. The van der Waals surface area contributed by atoms with Crippen molar-refractivity contribution in [3.05, 3.63) is 154 Å². The second-order valence-electron chi connectivity index (χ2n) is 14.4. The van der Waals surface area contributed by atoms with E-state index >= 15 is 0 Å².